The summed E-state index contributed by atoms with van der Waals surface area (Å²) < 4.78 is 28.7. The molecule has 2 aromatic rings. The number of hydrogen-bond donors (Lipinski definition) is 1. The van der Waals surface area contributed by atoms with Crippen LogP contribution < -0.4 is 5.32 Å². The van der Waals surface area contributed by atoms with Gasteiger partial charge >= 0.3 is 0 Å². The van der Waals surface area contributed by atoms with Crippen molar-refractivity contribution in [1.29, 1.82) is 0 Å². The quantitative estimate of drug-likeness (QED) is 0.661. The van der Waals surface area contributed by atoms with Gasteiger partial charge in [-0.3, -0.25) is 4.79 Å². The van der Waals surface area contributed by atoms with Crippen LogP contribution >= 0.6 is 11.8 Å². The fourth-order valence-electron chi connectivity index (χ4n) is 3.07. The highest BCUT2D eigenvalue weighted by Crippen LogP contribution is 2.25. The maximum atomic E-state index is 12.6. The first-order chi connectivity index (χ1) is 13.4. The van der Waals surface area contributed by atoms with E-state index in [0.29, 0.717) is 18.8 Å². The lowest BCUT2D eigenvalue weighted by Crippen LogP contribution is -2.27. The summed E-state index contributed by atoms with van der Waals surface area (Å²) in [6, 6.07) is 6.37. The first kappa shape index (κ1) is 20.9. The van der Waals surface area contributed by atoms with Crippen LogP contribution in [0.5, 0.6) is 0 Å². The van der Waals surface area contributed by atoms with Crippen LogP contribution in [0.3, 0.4) is 0 Å². The first-order valence-electron chi connectivity index (χ1n) is 9.50. The van der Waals surface area contributed by atoms with Crippen molar-refractivity contribution in [2.24, 2.45) is 0 Å². The third kappa shape index (κ3) is 4.76. The van der Waals surface area contributed by atoms with E-state index in [1.807, 2.05) is 17.7 Å². The molecule has 0 saturated carbocycles. The maximum absolute atomic E-state index is 12.6. The Morgan fingerprint density at radius 2 is 1.93 bits per heavy atom. The largest absolute Gasteiger partial charge is 0.326 e. The van der Waals surface area contributed by atoms with Gasteiger partial charge in [0.2, 0.25) is 15.9 Å². The molecule has 0 aliphatic carbocycles. The molecule has 1 aromatic carbocycles. The van der Waals surface area contributed by atoms with Gasteiger partial charge < -0.3 is 9.88 Å². The van der Waals surface area contributed by atoms with Crippen molar-refractivity contribution in [2.45, 2.75) is 55.0 Å². The van der Waals surface area contributed by atoms with E-state index in [0.717, 1.165) is 31.0 Å². The number of benzene rings is 1. The fraction of sp³-hybridized carbons (Fsp3) is 0.474. The number of aryl methyl sites for hydroxylation is 1. The van der Waals surface area contributed by atoms with Crippen molar-refractivity contribution in [2.75, 3.05) is 18.4 Å². The molecule has 1 aliphatic heterocycles. The Balaban J connectivity index is 1.61. The number of hydrogen-bond acceptors (Lipinski definition) is 5. The van der Waals surface area contributed by atoms with E-state index in [1.165, 1.54) is 16.1 Å². The van der Waals surface area contributed by atoms with Gasteiger partial charge in [-0.15, -0.1) is 0 Å². The van der Waals surface area contributed by atoms with Gasteiger partial charge in [-0.25, -0.2) is 13.4 Å². The van der Waals surface area contributed by atoms with E-state index in [9.17, 15) is 13.2 Å². The van der Waals surface area contributed by atoms with E-state index < -0.39 is 10.0 Å². The summed E-state index contributed by atoms with van der Waals surface area (Å²) in [4.78, 5) is 17.1. The smallest absolute Gasteiger partial charge is 0.243 e. The lowest BCUT2D eigenvalue weighted by atomic mass is 10.3. The molecular formula is C19H26N4O3S2. The number of nitrogens with zero attached hydrogens (tertiary/aromatic N) is 3. The molecule has 1 aliphatic rings. The van der Waals surface area contributed by atoms with E-state index in [1.54, 1.807) is 30.5 Å². The molecule has 0 bridgehead atoms. The summed E-state index contributed by atoms with van der Waals surface area (Å²) in [5.74, 6) is -0.147. The number of sulfonamides is 1. The molecule has 3 rings (SSSR count). The van der Waals surface area contributed by atoms with Gasteiger partial charge in [-0.2, -0.15) is 4.31 Å². The number of rotatable bonds is 8. The molecule has 1 saturated heterocycles. The average molecular weight is 423 g/mol. The highest BCUT2D eigenvalue weighted by atomic mass is 32.2. The van der Waals surface area contributed by atoms with Crippen LogP contribution in [-0.4, -0.2) is 46.5 Å². The van der Waals surface area contributed by atoms with E-state index in [-0.39, 0.29) is 16.1 Å². The minimum Gasteiger partial charge on any atom is -0.326 e. The Morgan fingerprint density at radius 1 is 1.25 bits per heavy atom. The Hall–Kier alpha value is -1.84. The van der Waals surface area contributed by atoms with Crippen molar-refractivity contribution >= 4 is 33.4 Å². The minimum absolute atomic E-state index is 0.147. The Labute approximate surface area is 170 Å². The molecule has 152 valence electrons. The van der Waals surface area contributed by atoms with Gasteiger partial charge in [0.05, 0.1) is 10.1 Å². The molecule has 0 spiro atoms. The zero-order valence-electron chi connectivity index (χ0n) is 16.2. The normalized spacial score (nSPS) is 16.2. The first-order valence-corrected chi connectivity index (χ1v) is 11.8. The average Bonchev–Trinajstić information content (AvgIpc) is 3.35. The van der Waals surface area contributed by atoms with Crippen LogP contribution in [0.25, 0.3) is 0 Å². The van der Waals surface area contributed by atoms with Crippen LogP contribution in [-0.2, 0) is 21.4 Å². The molecule has 2 heterocycles. The summed E-state index contributed by atoms with van der Waals surface area (Å²) in [6.45, 7) is 5.94. The number of carbonyl (C=O) groups is 1. The predicted molar refractivity (Wildman–Crippen MR) is 111 cm³/mol. The van der Waals surface area contributed by atoms with Crippen molar-refractivity contribution in [3.63, 3.8) is 0 Å². The topological polar surface area (TPSA) is 84.3 Å². The maximum Gasteiger partial charge on any atom is 0.243 e. The summed E-state index contributed by atoms with van der Waals surface area (Å²) >= 11 is 1.41. The molecule has 7 nitrogen and oxygen atoms in total. The van der Waals surface area contributed by atoms with Gasteiger partial charge in [0, 0.05) is 37.7 Å². The minimum atomic E-state index is -3.44. The molecule has 1 amide bonds. The monoisotopic (exact) mass is 422 g/mol. The second kappa shape index (κ2) is 9.11. The number of thioether (sulfide) groups is 1. The van der Waals surface area contributed by atoms with Gasteiger partial charge in [-0.05, 0) is 50.5 Å². The summed E-state index contributed by atoms with van der Waals surface area (Å²) in [7, 11) is -3.44. The van der Waals surface area contributed by atoms with Gasteiger partial charge in [-0.1, -0.05) is 18.7 Å². The molecule has 1 unspecified atom stereocenters. The summed E-state index contributed by atoms with van der Waals surface area (Å²) in [5.41, 5.74) is 0.578. The second-order valence-corrected chi connectivity index (χ2v) is 10.0. The van der Waals surface area contributed by atoms with E-state index >= 15 is 0 Å². The molecule has 1 aromatic heterocycles. The Morgan fingerprint density at radius 3 is 2.57 bits per heavy atom. The third-order valence-corrected chi connectivity index (χ3v) is 7.65. The zero-order chi connectivity index (χ0) is 20.1. The molecule has 1 fully saturated rings. The highest BCUT2D eigenvalue weighted by Gasteiger charge is 2.27. The number of amides is 1. The highest BCUT2D eigenvalue weighted by molar-refractivity contribution is 8.00. The molecule has 1 atom stereocenters. The number of anilines is 1. The zero-order valence-corrected chi connectivity index (χ0v) is 17.8. The number of aromatic nitrogens is 2. The molecular weight excluding hydrogens is 396 g/mol. The third-order valence-electron chi connectivity index (χ3n) is 4.62. The lowest BCUT2D eigenvalue weighted by Gasteiger charge is -2.16. The Bertz CT molecular complexity index is 904. The lowest BCUT2D eigenvalue weighted by molar-refractivity contribution is -0.115. The number of imidazole rings is 1. The fourth-order valence-corrected chi connectivity index (χ4v) is 5.48. The van der Waals surface area contributed by atoms with Gasteiger partial charge in [0.15, 0.2) is 5.16 Å². The van der Waals surface area contributed by atoms with Crippen LogP contribution in [0, 0.1) is 0 Å². The van der Waals surface area contributed by atoms with Gasteiger partial charge in [0.25, 0.3) is 0 Å². The predicted octanol–water partition coefficient (Wildman–Crippen LogP) is 3.20. The molecule has 28 heavy (non-hydrogen) atoms. The Kier molecular flexibility index (Phi) is 6.79. The number of carbonyl (C=O) groups excluding carboxylic acids is 1. The van der Waals surface area contributed by atoms with E-state index in [4.69, 9.17) is 0 Å². The standard InChI is InChI=1S/C19H26N4O3S2/c1-3-11-22-14-10-20-19(22)27-15(2)18(24)21-16-6-8-17(9-7-16)28(25,26)23-12-4-5-13-23/h6-10,14-15H,3-5,11-13H2,1-2H3,(H,21,24). The molecule has 9 heteroatoms. The van der Waals surface area contributed by atoms with Crippen molar-refractivity contribution in [3.05, 3.63) is 36.7 Å². The van der Waals surface area contributed by atoms with E-state index in [2.05, 4.69) is 17.2 Å². The molecule has 0 radical (unpaired) electrons. The van der Waals surface area contributed by atoms with Crippen molar-refractivity contribution in [1.82, 2.24) is 13.9 Å². The summed E-state index contributed by atoms with van der Waals surface area (Å²) in [5, 5.41) is 3.34. The van der Waals surface area contributed by atoms with Crippen LogP contribution in [0.4, 0.5) is 5.69 Å². The summed E-state index contributed by atoms with van der Waals surface area (Å²) in [6.07, 6.45) is 6.45. The van der Waals surface area contributed by atoms with Gasteiger partial charge in [0.1, 0.15) is 0 Å². The second-order valence-electron chi connectivity index (χ2n) is 6.79. The SMILES string of the molecule is CCCn1ccnc1SC(C)C(=O)Nc1ccc(S(=O)(=O)N2CCCC2)cc1. The van der Waals surface area contributed by atoms with Crippen molar-refractivity contribution in [3.8, 4) is 0 Å². The molecule has 1 N–H and O–H groups in total. The van der Waals surface area contributed by atoms with Crippen molar-refractivity contribution < 1.29 is 13.2 Å². The van der Waals surface area contributed by atoms with Crippen LogP contribution in [0.1, 0.15) is 33.1 Å². The van der Waals surface area contributed by atoms with Crippen LogP contribution in [0.15, 0.2) is 46.7 Å². The van der Waals surface area contributed by atoms with Crippen LogP contribution in [0.2, 0.25) is 0 Å². The number of nitrogens with one attached hydrogen (secondary N) is 1.